The number of nitrogens with one attached hydrogen (secondary N) is 2. The third-order valence-corrected chi connectivity index (χ3v) is 6.07. The zero-order chi connectivity index (χ0) is 25.8. The van der Waals surface area contributed by atoms with Crippen molar-refractivity contribution in [3.8, 4) is 11.3 Å². The standard InChI is InChI=1S/C25H26F3N3O3S/c1-16-6-4-9-20(12-16)23-21(10-11-22(31-23)25(26,27)28)15-29-24(32)17(2)19-8-5-7-18(13-19)14-30-35(3,33)34/h4-13,17,30H,14-15H2,1-3H3,(H,29,32). The molecule has 0 bridgehead atoms. The highest BCUT2D eigenvalue weighted by Crippen LogP contribution is 2.31. The Hall–Kier alpha value is -3.24. The molecule has 3 rings (SSSR count). The van der Waals surface area contributed by atoms with E-state index in [-0.39, 0.29) is 24.7 Å². The molecule has 186 valence electrons. The van der Waals surface area contributed by atoms with E-state index in [1.807, 2.05) is 13.0 Å². The van der Waals surface area contributed by atoms with Crippen LogP contribution in [0.3, 0.4) is 0 Å². The molecule has 3 aromatic rings. The average molecular weight is 506 g/mol. The van der Waals surface area contributed by atoms with Crippen molar-refractivity contribution in [1.82, 2.24) is 15.0 Å². The van der Waals surface area contributed by atoms with Crippen LogP contribution in [0, 0.1) is 6.92 Å². The smallest absolute Gasteiger partial charge is 0.351 e. The van der Waals surface area contributed by atoms with Crippen molar-refractivity contribution in [2.24, 2.45) is 0 Å². The quantitative estimate of drug-likeness (QED) is 0.470. The van der Waals surface area contributed by atoms with E-state index in [1.54, 1.807) is 49.4 Å². The van der Waals surface area contributed by atoms with Gasteiger partial charge in [-0.2, -0.15) is 13.2 Å². The lowest BCUT2D eigenvalue weighted by molar-refractivity contribution is -0.141. The summed E-state index contributed by atoms with van der Waals surface area (Å²) in [5.41, 5.74) is 2.38. The van der Waals surface area contributed by atoms with Gasteiger partial charge in [0.25, 0.3) is 0 Å². The van der Waals surface area contributed by atoms with Crippen molar-refractivity contribution in [2.75, 3.05) is 6.26 Å². The Balaban J connectivity index is 1.79. The fraction of sp³-hybridized carbons (Fsp3) is 0.280. The number of pyridine rings is 1. The SMILES string of the molecule is Cc1cccc(-c2nc(C(F)(F)F)ccc2CNC(=O)C(C)c2cccc(CNS(C)(=O)=O)c2)c1. The summed E-state index contributed by atoms with van der Waals surface area (Å²) >= 11 is 0. The van der Waals surface area contributed by atoms with Gasteiger partial charge in [0.1, 0.15) is 5.69 Å². The highest BCUT2D eigenvalue weighted by Gasteiger charge is 2.33. The molecule has 35 heavy (non-hydrogen) atoms. The first kappa shape index (κ1) is 26.4. The van der Waals surface area contributed by atoms with Gasteiger partial charge in [0, 0.05) is 18.7 Å². The summed E-state index contributed by atoms with van der Waals surface area (Å²) in [6.45, 7) is 3.62. The van der Waals surface area contributed by atoms with Crippen LogP contribution in [0.15, 0.2) is 60.7 Å². The Labute approximate surface area is 202 Å². The predicted molar refractivity (Wildman–Crippen MR) is 128 cm³/mol. The number of benzene rings is 2. The first-order valence-corrected chi connectivity index (χ1v) is 12.7. The van der Waals surface area contributed by atoms with Crippen LogP contribution in [-0.4, -0.2) is 25.6 Å². The third kappa shape index (κ3) is 7.37. The van der Waals surface area contributed by atoms with E-state index in [9.17, 15) is 26.4 Å². The second kappa shape index (κ2) is 10.6. The Morgan fingerprint density at radius 2 is 1.74 bits per heavy atom. The van der Waals surface area contributed by atoms with E-state index in [1.165, 1.54) is 6.07 Å². The third-order valence-electron chi connectivity index (χ3n) is 5.40. The molecule has 0 saturated heterocycles. The molecule has 1 amide bonds. The monoisotopic (exact) mass is 505 g/mol. The van der Waals surface area contributed by atoms with Crippen LogP contribution in [-0.2, 0) is 34.1 Å². The summed E-state index contributed by atoms with van der Waals surface area (Å²) in [6, 6.07) is 16.2. The van der Waals surface area contributed by atoms with Gasteiger partial charge in [-0.1, -0.05) is 54.1 Å². The lowest BCUT2D eigenvalue weighted by Gasteiger charge is -2.16. The number of alkyl halides is 3. The number of amides is 1. The van der Waals surface area contributed by atoms with Gasteiger partial charge in [-0.15, -0.1) is 0 Å². The van der Waals surface area contributed by atoms with Gasteiger partial charge in [-0.05, 0) is 42.7 Å². The molecule has 0 aliphatic rings. The van der Waals surface area contributed by atoms with Crippen LogP contribution in [0.25, 0.3) is 11.3 Å². The molecule has 2 aromatic carbocycles. The first-order valence-electron chi connectivity index (χ1n) is 10.8. The molecule has 0 aliphatic carbocycles. The van der Waals surface area contributed by atoms with Crippen LogP contribution < -0.4 is 10.0 Å². The number of aromatic nitrogens is 1. The minimum absolute atomic E-state index is 0.00703. The van der Waals surface area contributed by atoms with Crippen LogP contribution in [0.2, 0.25) is 0 Å². The van der Waals surface area contributed by atoms with Crippen molar-refractivity contribution >= 4 is 15.9 Å². The largest absolute Gasteiger partial charge is 0.433 e. The topological polar surface area (TPSA) is 88.2 Å². The van der Waals surface area contributed by atoms with Crippen molar-refractivity contribution in [3.63, 3.8) is 0 Å². The maximum Gasteiger partial charge on any atom is 0.433 e. The maximum atomic E-state index is 13.3. The summed E-state index contributed by atoms with van der Waals surface area (Å²) in [5.74, 6) is -0.897. The molecule has 0 radical (unpaired) electrons. The number of halogens is 3. The Kier molecular flexibility index (Phi) is 7.97. The van der Waals surface area contributed by atoms with Crippen molar-refractivity contribution in [1.29, 1.82) is 0 Å². The summed E-state index contributed by atoms with van der Waals surface area (Å²) in [6.07, 6.45) is -3.53. The second-order valence-corrected chi connectivity index (χ2v) is 10.2. The number of carbonyl (C=O) groups excluding carboxylic acids is 1. The number of hydrogen-bond donors (Lipinski definition) is 2. The van der Waals surface area contributed by atoms with Crippen LogP contribution in [0.1, 0.15) is 40.8 Å². The Morgan fingerprint density at radius 1 is 1.03 bits per heavy atom. The molecule has 1 aromatic heterocycles. The fourth-order valence-corrected chi connectivity index (χ4v) is 3.93. The molecule has 1 heterocycles. The molecule has 2 N–H and O–H groups in total. The zero-order valence-corrected chi connectivity index (χ0v) is 20.3. The van der Waals surface area contributed by atoms with Crippen molar-refractivity contribution in [3.05, 3.63) is 88.6 Å². The molecule has 10 heteroatoms. The molecule has 0 saturated carbocycles. The van der Waals surface area contributed by atoms with E-state index in [0.29, 0.717) is 22.3 Å². The number of nitrogens with zero attached hydrogens (tertiary/aromatic N) is 1. The molecule has 1 atom stereocenters. The molecular weight excluding hydrogens is 479 g/mol. The fourth-order valence-electron chi connectivity index (χ4n) is 3.50. The van der Waals surface area contributed by atoms with Gasteiger partial charge in [0.2, 0.25) is 15.9 Å². The van der Waals surface area contributed by atoms with E-state index in [0.717, 1.165) is 17.9 Å². The van der Waals surface area contributed by atoms with Gasteiger partial charge >= 0.3 is 6.18 Å². The molecule has 0 aliphatic heterocycles. The van der Waals surface area contributed by atoms with Gasteiger partial charge in [0.05, 0.1) is 17.9 Å². The van der Waals surface area contributed by atoms with E-state index in [4.69, 9.17) is 0 Å². The number of aryl methyl sites for hydroxylation is 1. The Bertz CT molecular complexity index is 1320. The van der Waals surface area contributed by atoms with Crippen LogP contribution >= 0.6 is 0 Å². The van der Waals surface area contributed by atoms with Crippen molar-refractivity contribution < 1.29 is 26.4 Å². The molecule has 0 fully saturated rings. The average Bonchev–Trinajstić information content (AvgIpc) is 2.79. The summed E-state index contributed by atoms with van der Waals surface area (Å²) in [4.78, 5) is 16.7. The molecule has 1 unspecified atom stereocenters. The highest BCUT2D eigenvalue weighted by molar-refractivity contribution is 7.88. The maximum absolute atomic E-state index is 13.3. The number of rotatable bonds is 8. The van der Waals surface area contributed by atoms with E-state index >= 15 is 0 Å². The van der Waals surface area contributed by atoms with E-state index in [2.05, 4.69) is 15.0 Å². The zero-order valence-electron chi connectivity index (χ0n) is 19.5. The minimum atomic E-state index is -4.59. The lowest BCUT2D eigenvalue weighted by Crippen LogP contribution is -2.28. The van der Waals surface area contributed by atoms with Crippen LogP contribution in [0.4, 0.5) is 13.2 Å². The highest BCUT2D eigenvalue weighted by atomic mass is 32.2. The minimum Gasteiger partial charge on any atom is -0.351 e. The molecular formula is C25H26F3N3O3S. The molecule has 0 spiro atoms. The summed E-state index contributed by atoms with van der Waals surface area (Å²) in [5, 5.41) is 2.78. The summed E-state index contributed by atoms with van der Waals surface area (Å²) < 4.78 is 64.9. The summed E-state index contributed by atoms with van der Waals surface area (Å²) in [7, 11) is -3.36. The Morgan fingerprint density at radius 3 is 2.40 bits per heavy atom. The van der Waals surface area contributed by atoms with E-state index < -0.39 is 27.8 Å². The van der Waals surface area contributed by atoms with Crippen molar-refractivity contribution in [2.45, 2.75) is 39.0 Å². The van der Waals surface area contributed by atoms with Crippen LogP contribution in [0.5, 0.6) is 0 Å². The lowest BCUT2D eigenvalue weighted by atomic mass is 9.98. The predicted octanol–water partition coefficient (Wildman–Crippen LogP) is 4.54. The normalized spacial score (nSPS) is 12.9. The molecule has 6 nitrogen and oxygen atoms in total. The van der Waals surface area contributed by atoms with Gasteiger partial charge in [0.15, 0.2) is 0 Å². The second-order valence-electron chi connectivity index (χ2n) is 8.35. The van der Waals surface area contributed by atoms with Gasteiger partial charge in [-0.3, -0.25) is 4.79 Å². The number of sulfonamides is 1. The first-order chi connectivity index (χ1) is 16.3. The van der Waals surface area contributed by atoms with Gasteiger partial charge in [-0.25, -0.2) is 18.1 Å². The number of hydrogen-bond acceptors (Lipinski definition) is 4. The number of carbonyl (C=O) groups is 1. The van der Waals surface area contributed by atoms with Gasteiger partial charge < -0.3 is 5.32 Å².